The molecule has 0 aliphatic rings. The molecular formula is C22H34Cl2FN3O. The zero-order valence-corrected chi connectivity index (χ0v) is 19.5. The fourth-order valence-electron chi connectivity index (χ4n) is 3.43. The van der Waals surface area contributed by atoms with E-state index in [2.05, 4.69) is 30.7 Å². The van der Waals surface area contributed by atoms with Crippen molar-refractivity contribution in [3.05, 3.63) is 22.5 Å². The number of rotatable bonds is 13. The van der Waals surface area contributed by atoms with Crippen LogP contribution in [0.2, 0.25) is 10.4 Å². The molecule has 0 atom stereocenters. The van der Waals surface area contributed by atoms with Crippen LogP contribution >= 0.6 is 23.2 Å². The lowest BCUT2D eigenvalue weighted by Gasteiger charge is -2.17. The first-order chi connectivity index (χ1) is 13.8. The summed E-state index contributed by atoms with van der Waals surface area (Å²) >= 11 is 11.8. The molecule has 0 N–H and O–H groups in total. The van der Waals surface area contributed by atoms with Crippen LogP contribution < -0.4 is 0 Å². The van der Waals surface area contributed by atoms with E-state index >= 15 is 0 Å². The van der Waals surface area contributed by atoms with Gasteiger partial charge in [0, 0.05) is 12.8 Å². The highest BCUT2D eigenvalue weighted by atomic mass is 35.5. The summed E-state index contributed by atoms with van der Waals surface area (Å²) in [5.74, 6) is -0.469. The van der Waals surface area contributed by atoms with Gasteiger partial charge >= 0.3 is 0 Å². The number of nitrogens with zero attached hydrogens (tertiary/aromatic N) is 3. The first-order valence-corrected chi connectivity index (χ1v) is 11.5. The number of halogens is 3. The van der Waals surface area contributed by atoms with Gasteiger partial charge in [0.2, 0.25) is 5.28 Å². The van der Waals surface area contributed by atoms with Crippen LogP contribution in [0, 0.1) is 11.2 Å². The van der Waals surface area contributed by atoms with Gasteiger partial charge < -0.3 is 9.30 Å². The second kappa shape index (κ2) is 12.1. The maximum absolute atomic E-state index is 14.0. The molecule has 0 aliphatic carbocycles. The Bertz CT molecular complexity index is 759. The van der Waals surface area contributed by atoms with E-state index in [1.54, 1.807) is 4.57 Å². The van der Waals surface area contributed by atoms with Crippen molar-refractivity contribution < 1.29 is 9.13 Å². The molecule has 164 valence electrons. The third-order valence-electron chi connectivity index (χ3n) is 5.04. The van der Waals surface area contributed by atoms with Crippen LogP contribution in [-0.4, -0.2) is 21.1 Å². The SMILES string of the molecule is CC(C)(C)CCCCCCCCCCCOCn1cc(F)c2c(Cl)nc(Cl)nc21. The van der Waals surface area contributed by atoms with Gasteiger partial charge in [0.15, 0.2) is 11.5 Å². The van der Waals surface area contributed by atoms with Crippen LogP contribution in [0.5, 0.6) is 0 Å². The van der Waals surface area contributed by atoms with E-state index in [-0.39, 0.29) is 22.6 Å². The zero-order chi connectivity index (χ0) is 21.3. The van der Waals surface area contributed by atoms with Crippen molar-refractivity contribution >= 4 is 34.2 Å². The van der Waals surface area contributed by atoms with Gasteiger partial charge in [0.1, 0.15) is 11.9 Å². The second-order valence-electron chi connectivity index (χ2n) is 8.96. The van der Waals surface area contributed by atoms with Gasteiger partial charge in [-0.2, -0.15) is 4.98 Å². The van der Waals surface area contributed by atoms with Crippen molar-refractivity contribution in [2.24, 2.45) is 5.41 Å². The molecule has 0 bridgehead atoms. The highest BCUT2D eigenvalue weighted by Crippen LogP contribution is 2.26. The Morgan fingerprint density at radius 1 is 0.931 bits per heavy atom. The number of unbranched alkanes of at least 4 members (excludes halogenated alkanes) is 8. The zero-order valence-electron chi connectivity index (χ0n) is 17.9. The Balaban J connectivity index is 1.51. The third kappa shape index (κ3) is 8.77. The highest BCUT2D eigenvalue weighted by Gasteiger charge is 2.15. The number of ether oxygens (including phenoxy) is 1. The van der Waals surface area contributed by atoms with Gasteiger partial charge in [0.25, 0.3) is 0 Å². The van der Waals surface area contributed by atoms with Gasteiger partial charge in [-0.05, 0) is 29.9 Å². The van der Waals surface area contributed by atoms with Crippen LogP contribution in [-0.2, 0) is 11.5 Å². The summed E-state index contributed by atoms with van der Waals surface area (Å²) in [6.45, 7) is 7.80. The summed E-state index contributed by atoms with van der Waals surface area (Å²) in [5.41, 5.74) is 0.827. The molecule has 2 aromatic heterocycles. The molecule has 0 unspecified atom stereocenters. The molecule has 2 aromatic rings. The molecule has 0 aromatic carbocycles. The van der Waals surface area contributed by atoms with Crippen molar-refractivity contribution in [2.75, 3.05) is 6.61 Å². The fourth-order valence-corrected chi connectivity index (χ4v) is 3.89. The van der Waals surface area contributed by atoms with Crippen LogP contribution in [0.3, 0.4) is 0 Å². The molecule has 7 heteroatoms. The van der Waals surface area contributed by atoms with Gasteiger partial charge in [0.05, 0.1) is 5.39 Å². The van der Waals surface area contributed by atoms with E-state index in [9.17, 15) is 4.39 Å². The van der Waals surface area contributed by atoms with Gasteiger partial charge in [-0.1, -0.05) is 83.7 Å². The lowest BCUT2D eigenvalue weighted by Crippen LogP contribution is -2.04. The summed E-state index contributed by atoms with van der Waals surface area (Å²) in [5, 5.41) is 0.194. The molecule has 0 fully saturated rings. The normalized spacial score (nSPS) is 12.2. The number of hydrogen-bond donors (Lipinski definition) is 0. The van der Waals surface area contributed by atoms with E-state index in [0.717, 1.165) is 12.8 Å². The third-order valence-corrected chi connectivity index (χ3v) is 5.49. The summed E-state index contributed by atoms with van der Waals surface area (Å²) in [6.07, 6.45) is 14.1. The van der Waals surface area contributed by atoms with Gasteiger partial charge in [-0.3, -0.25) is 0 Å². The summed E-state index contributed by atoms with van der Waals surface area (Å²) in [7, 11) is 0. The Kier molecular flexibility index (Phi) is 10.1. The molecule has 0 saturated heterocycles. The molecule has 29 heavy (non-hydrogen) atoms. The van der Waals surface area contributed by atoms with Crippen molar-refractivity contribution in [3.63, 3.8) is 0 Å². The monoisotopic (exact) mass is 445 g/mol. The van der Waals surface area contributed by atoms with Crippen molar-refractivity contribution in [3.8, 4) is 0 Å². The van der Waals surface area contributed by atoms with Crippen molar-refractivity contribution in [1.82, 2.24) is 14.5 Å². The van der Waals surface area contributed by atoms with Crippen LogP contribution in [0.25, 0.3) is 11.0 Å². The molecular weight excluding hydrogens is 412 g/mol. The van der Waals surface area contributed by atoms with E-state index in [1.807, 2.05) is 0 Å². The van der Waals surface area contributed by atoms with Crippen LogP contribution in [0.4, 0.5) is 4.39 Å². The molecule has 2 heterocycles. The molecule has 0 amide bonds. The first kappa shape index (κ1) is 24.4. The average molecular weight is 446 g/mol. The minimum atomic E-state index is -0.469. The Morgan fingerprint density at radius 3 is 2.14 bits per heavy atom. The summed E-state index contributed by atoms with van der Waals surface area (Å²) in [4.78, 5) is 7.83. The largest absolute Gasteiger partial charge is 0.361 e. The molecule has 4 nitrogen and oxygen atoms in total. The molecule has 0 aliphatic heterocycles. The molecule has 0 saturated carbocycles. The standard InChI is InChI=1S/C22H34Cl2FN3O/c1-22(2,3)13-11-9-7-5-4-6-8-10-12-14-29-16-28-15-17(25)18-19(23)26-21(24)27-20(18)28/h15H,4-14,16H2,1-3H3. The number of fused-ring (bicyclic) bond motifs is 1. The fraction of sp³-hybridized carbons (Fsp3) is 0.727. The Hall–Kier alpha value is -0.910. The first-order valence-electron chi connectivity index (χ1n) is 10.7. The number of hydrogen-bond acceptors (Lipinski definition) is 3. The topological polar surface area (TPSA) is 39.9 Å². The minimum Gasteiger partial charge on any atom is -0.361 e. The van der Waals surface area contributed by atoms with E-state index in [1.165, 1.54) is 57.6 Å². The molecule has 0 spiro atoms. The van der Waals surface area contributed by atoms with E-state index < -0.39 is 5.82 Å². The summed E-state index contributed by atoms with van der Waals surface area (Å²) < 4.78 is 21.3. The van der Waals surface area contributed by atoms with Crippen LogP contribution in [0.1, 0.15) is 85.0 Å². The molecule has 2 rings (SSSR count). The Labute approximate surface area is 184 Å². The predicted molar refractivity (Wildman–Crippen MR) is 119 cm³/mol. The lowest BCUT2D eigenvalue weighted by molar-refractivity contribution is 0.0760. The number of aromatic nitrogens is 3. The van der Waals surface area contributed by atoms with Crippen LogP contribution in [0.15, 0.2) is 6.20 Å². The van der Waals surface area contributed by atoms with Crippen molar-refractivity contribution in [1.29, 1.82) is 0 Å². The van der Waals surface area contributed by atoms with Gasteiger partial charge in [-0.15, -0.1) is 0 Å². The minimum absolute atomic E-state index is 0.00366. The smallest absolute Gasteiger partial charge is 0.225 e. The average Bonchev–Trinajstić information content (AvgIpc) is 2.93. The molecule has 0 radical (unpaired) electrons. The quantitative estimate of drug-likeness (QED) is 0.179. The summed E-state index contributed by atoms with van der Waals surface area (Å²) in [6, 6.07) is 0. The highest BCUT2D eigenvalue weighted by molar-refractivity contribution is 6.35. The predicted octanol–water partition coefficient (Wildman–Crippen LogP) is 7.80. The maximum Gasteiger partial charge on any atom is 0.225 e. The Morgan fingerprint density at radius 2 is 1.52 bits per heavy atom. The second-order valence-corrected chi connectivity index (χ2v) is 9.65. The van der Waals surface area contributed by atoms with Gasteiger partial charge in [-0.25, -0.2) is 9.37 Å². The van der Waals surface area contributed by atoms with E-state index in [0.29, 0.717) is 17.7 Å². The maximum atomic E-state index is 14.0. The van der Waals surface area contributed by atoms with E-state index in [4.69, 9.17) is 27.9 Å². The lowest BCUT2D eigenvalue weighted by atomic mass is 9.89. The van der Waals surface area contributed by atoms with Crippen molar-refractivity contribution in [2.45, 2.75) is 91.7 Å².